The van der Waals surface area contributed by atoms with E-state index in [4.69, 9.17) is 4.74 Å². The summed E-state index contributed by atoms with van der Waals surface area (Å²) in [5, 5.41) is 0. The molecule has 1 aliphatic carbocycles. The van der Waals surface area contributed by atoms with E-state index in [0.717, 1.165) is 29.7 Å². The predicted octanol–water partition coefficient (Wildman–Crippen LogP) is 3.91. The third kappa shape index (κ3) is 4.81. The van der Waals surface area contributed by atoms with E-state index in [1.165, 1.54) is 12.1 Å². The lowest BCUT2D eigenvalue weighted by Crippen LogP contribution is -2.38. The fraction of sp³-hybridized carbons (Fsp3) is 0.417. The zero-order valence-electron chi connectivity index (χ0n) is 17.9. The lowest BCUT2D eigenvalue weighted by molar-refractivity contribution is -0.156. The summed E-state index contributed by atoms with van der Waals surface area (Å²) in [7, 11) is 5.64. The van der Waals surface area contributed by atoms with Gasteiger partial charge in [-0.15, -0.1) is 0 Å². The highest BCUT2D eigenvalue weighted by Crippen LogP contribution is 2.42. The summed E-state index contributed by atoms with van der Waals surface area (Å²) < 4.78 is 18.8. The van der Waals surface area contributed by atoms with E-state index in [0.29, 0.717) is 19.4 Å². The number of benzene rings is 2. The molecule has 0 unspecified atom stereocenters. The molecule has 1 amide bonds. The summed E-state index contributed by atoms with van der Waals surface area (Å²) in [4.78, 5) is 29.0. The van der Waals surface area contributed by atoms with Crippen molar-refractivity contribution >= 4 is 17.6 Å². The van der Waals surface area contributed by atoms with Crippen LogP contribution in [0.25, 0.3) is 0 Å². The Balaban J connectivity index is 1.59. The van der Waals surface area contributed by atoms with E-state index in [-0.39, 0.29) is 18.3 Å². The number of carbonyl (C=O) groups is 2. The Morgan fingerprint density at radius 2 is 1.57 bits per heavy atom. The molecule has 2 aromatic carbocycles. The van der Waals surface area contributed by atoms with Crippen LogP contribution in [-0.2, 0) is 26.3 Å². The third-order valence-corrected chi connectivity index (χ3v) is 5.87. The van der Waals surface area contributed by atoms with E-state index in [2.05, 4.69) is 0 Å². The quantitative estimate of drug-likeness (QED) is 0.647. The molecule has 0 N–H and O–H groups in total. The molecule has 160 valence electrons. The number of likely N-dealkylation sites (N-methyl/N-ethyl adjacent to an activating group) is 1. The molecular weight excluding hydrogens is 383 g/mol. The number of halogens is 1. The molecule has 0 aromatic heterocycles. The SMILES string of the molecule is CN(Cc1ccc(N(C)C)cc1)C(=O)COC(=O)C1(c2ccc(F)cc2)CCCC1. The average molecular weight is 413 g/mol. The standard InChI is InChI=1S/C24H29FN2O3/c1-26(2)21-12-6-18(7-13-21)16-27(3)22(28)17-30-23(29)24(14-4-5-15-24)19-8-10-20(25)11-9-19/h6-13H,4-5,14-17H2,1-3H3. The highest BCUT2D eigenvalue weighted by Gasteiger charge is 2.44. The Kier molecular flexibility index (Phi) is 6.75. The number of rotatable bonds is 7. The van der Waals surface area contributed by atoms with Crippen molar-refractivity contribution in [2.45, 2.75) is 37.6 Å². The van der Waals surface area contributed by atoms with Gasteiger partial charge in [-0.1, -0.05) is 37.1 Å². The zero-order valence-corrected chi connectivity index (χ0v) is 17.9. The van der Waals surface area contributed by atoms with Crippen LogP contribution in [0.4, 0.5) is 10.1 Å². The number of anilines is 1. The number of ether oxygens (including phenoxy) is 1. The Labute approximate surface area is 177 Å². The van der Waals surface area contributed by atoms with Crippen molar-refractivity contribution in [1.29, 1.82) is 0 Å². The Hall–Kier alpha value is -2.89. The largest absolute Gasteiger partial charge is 0.455 e. The maximum Gasteiger partial charge on any atom is 0.317 e. The molecule has 6 heteroatoms. The van der Waals surface area contributed by atoms with Crippen LogP contribution in [0.1, 0.15) is 36.8 Å². The number of hydrogen-bond donors (Lipinski definition) is 0. The van der Waals surface area contributed by atoms with Crippen LogP contribution in [-0.4, -0.2) is 44.5 Å². The van der Waals surface area contributed by atoms with Gasteiger partial charge in [-0.25, -0.2) is 4.39 Å². The fourth-order valence-electron chi connectivity index (χ4n) is 4.00. The number of hydrogen-bond acceptors (Lipinski definition) is 4. The normalized spacial score (nSPS) is 14.9. The van der Waals surface area contributed by atoms with E-state index in [9.17, 15) is 14.0 Å². The minimum atomic E-state index is -0.783. The number of carbonyl (C=O) groups excluding carboxylic acids is 2. The Morgan fingerprint density at radius 3 is 2.13 bits per heavy atom. The minimum absolute atomic E-state index is 0.257. The van der Waals surface area contributed by atoms with Gasteiger partial charge in [0.25, 0.3) is 5.91 Å². The lowest BCUT2D eigenvalue weighted by Gasteiger charge is -2.27. The van der Waals surface area contributed by atoms with Crippen LogP contribution in [0.2, 0.25) is 0 Å². The van der Waals surface area contributed by atoms with Gasteiger partial charge < -0.3 is 14.5 Å². The average Bonchev–Trinajstić information content (AvgIpc) is 3.23. The van der Waals surface area contributed by atoms with Gasteiger partial charge in [-0.3, -0.25) is 9.59 Å². The fourth-order valence-corrected chi connectivity index (χ4v) is 4.00. The third-order valence-electron chi connectivity index (χ3n) is 5.87. The zero-order chi connectivity index (χ0) is 21.7. The first-order valence-electron chi connectivity index (χ1n) is 10.3. The van der Waals surface area contributed by atoms with E-state index < -0.39 is 11.4 Å². The summed E-state index contributed by atoms with van der Waals surface area (Å²) >= 11 is 0. The minimum Gasteiger partial charge on any atom is -0.455 e. The summed E-state index contributed by atoms with van der Waals surface area (Å²) in [6, 6.07) is 14.0. The summed E-state index contributed by atoms with van der Waals surface area (Å²) in [5.74, 6) is -0.994. The monoisotopic (exact) mass is 412 g/mol. The molecule has 2 aromatic rings. The van der Waals surface area contributed by atoms with Gasteiger partial charge in [-0.05, 0) is 48.2 Å². The maximum absolute atomic E-state index is 13.3. The summed E-state index contributed by atoms with van der Waals surface area (Å²) in [6.45, 7) is 0.140. The van der Waals surface area contributed by atoms with Gasteiger partial charge >= 0.3 is 5.97 Å². The van der Waals surface area contributed by atoms with Crippen LogP contribution in [0.5, 0.6) is 0 Å². The Bertz CT molecular complexity index is 872. The van der Waals surface area contributed by atoms with Crippen LogP contribution in [0.15, 0.2) is 48.5 Å². The summed E-state index contributed by atoms with van der Waals surface area (Å²) in [5.41, 5.74) is 2.06. The molecule has 5 nitrogen and oxygen atoms in total. The molecule has 0 radical (unpaired) electrons. The van der Waals surface area contributed by atoms with Crippen LogP contribution < -0.4 is 4.90 Å². The molecule has 0 bridgehead atoms. The van der Waals surface area contributed by atoms with E-state index >= 15 is 0 Å². The first-order valence-corrected chi connectivity index (χ1v) is 10.3. The Morgan fingerprint density at radius 1 is 0.967 bits per heavy atom. The molecule has 3 rings (SSSR count). The molecule has 0 aliphatic heterocycles. The van der Waals surface area contributed by atoms with Gasteiger partial charge in [-0.2, -0.15) is 0 Å². The van der Waals surface area contributed by atoms with E-state index in [1.54, 1.807) is 24.1 Å². The molecule has 0 saturated heterocycles. The lowest BCUT2D eigenvalue weighted by atomic mass is 9.79. The predicted molar refractivity (Wildman–Crippen MR) is 115 cm³/mol. The highest BCUT2D eigenvalue weighted by atomic mass is 19.1. The molecule has 1 fully saturated rings. The topological polar surface area (TPSA) is 49.9 Å². The molecule has 0 heterocycles. The van der Waals surface area contributed by atoms with Crippen molar-refractivity contribution in [3.63, 3.8) is 0 Å². The molecule has 1 saturated carbocycles. The highest BCUT2D eigenvalue weighted by molar-refractivity contribution is 5.86. The number of nitrogens with zero attached hydrogens (tertiary/aromatic N) is 2. The van der Waals surface area contributed by atoms with Crippen molar-refractivity contribution in [3.05, 3.63) is 65.5 Å². The van der Waals surface area contributed by atoms with Crippen LogP contribution >= 0.6 is 0 Å². The van der Waals surface area contributed by atoms with Crippen molar-refractivity contribution in [2.75, 3.05) is 32.6 Å². The smallest absolute Gasteiger partial charge is 0.317 e. The number of esters is 1. The van der Waals surface area contributed by atoms with Crippen molar-refractivity contribution in [3.8, 4) is 0 Å². The maximum atomic E-state index is 13.3. The second kappa shape index (κ2) is 9.28. The first-order chi connectivity index (χ1) is 14.3. The molecule has 0 atom stereocenters. The van der Waals surface area contributed by atoms with Gasteiger partial charge in [0.15, 0.2) is 6.61 Å². The van der Waals surface area contributed by atoms with Gasteiger partial charge in [0.05, 0.1) is 5.41 Å². The van der Waals surface area contributed by atoms with Crippen molar-refractivity contribution < 1.29 is 18.7 Å². The number of amides is 1. The van der Waals surface area contributed by atoms with Crippen LogP contribution in [0.3, 0.4) is 0 Å². The van der Waals surface area contributed by atoms with Gasteiger partial charge in [0, 0.05) is 33.4 Å². The second-order valence-electron chi connectivity index (χ2n) is 8.18. The van der Waals surface area contributed by atoms with Gasteiger partial charge in [0.2, 0.25) is 0 Å². The molecular formula is C24H29FN2O3. The molecule has 1 aliphatic rings. The van der Waals surface area contributed by atoms with Gasteiger partial charge in [0.1, 0.15) is 5.82 Å². The summed E-state index contributed by atoms with van der Waals surface area (Å²) in [6.07, 6.45) is 3.12. The first kappa shape index (κ1) is 21.8. The second-order valence-corrected chi connectivity index (χ2v) is 8.18. The van der Waals surface area contributed by atoms with Crippen molar-refractivity contribution in [2.24, 2.45) is 0 Å². The van der Waals surface area contributed by atoms with Crippen molar-refractivity contribution in [1.82, 2.24) is 4.90 Å². The van der Waals surface area contributed by atoms with E-state index in [1.807, 2.05) is 43.3 Å². The molecule has 0 spiro atoms. The molecule has 30 heavy (non-hydrogen) atoms. The van der Waals surface area contributed by atoms with Crippen LogP contribution in [0, 0.1) is 5.82 Å².